The van der Waals surface area contributed by atoms with Gasteiger partial charge in [-0.05, 0) is 38.5 Å². The van der Waals surface area contributed by atoms with E-state index < -0.39 is 12.1 Å². The molecule has 0 fully saturated rings. The third kappa shape index (κ3) is 18.4. The molecule has 2 N–H and O–H groups in total. The summed E-state index contributed by atoms with van der Waals surface area (Å²) in [5.41, 5.74) is 0. The second-order valence-electron chi connectivity index (χ2n) is 5.93. The van der Waals surface area contributed by atoms with Gasteiger partial charge in [-0.25, -0.2) is 0 Å². The number of allylic oxidation sites excluding steroid dienone is 7. The maximum atomic E-state index is 10.4. The van der Waals surface area contributed by atoms with Gasteiger partial charge in [-0.15, -0.1) is 0 Å². The van der Waals surface area contributed by atoms with Gasteiger partial charge in [0.1, 0.15) is 0 Å². The summed E-state index contributed by atoms with van der Waals surface area (Å²) in [6, 6.07) is 0. The van der Waals surface area contributed by atoms with Crippen molar-refractivity contribution in [3.63, 3.8) is 0 Å². The van der Waals surface area contributed by atoms with Crippen LogP contribution in [0.4, 0.5) is 0 Å². The van der Waals surface area contributed by atoms with Gasteiger partial charge < -0.3 is 10.2 Å². The summed E-state index contributed by atoms with van der Waals surface area (Å²) < 4.78 is 0. The summed E-state index contributed by atoms with van der Waals surface area (Å²) in [6.07, 6.45) is 25.1. The Hall–Kier alpha value is -1.61. The molecule has 0 aliphatic rings. The lowest BCUT2D eigenvalue weighted by molar-refractivity contribution is -0.137. The fourth-order valence-electron chi connectivity index (χ4n) is 2.16. The minimum atomic E-state index is -0.816. The van der Waals surface area contributed by atoms with Crippen molar-refractivity contribution >= 4 is 5.97 Å². The molecule has 0 aromatic rings. The molecule has 136 valence electrons. The van der Waals surface area contributed by atoms with Crippen LogP contribution in [0.2, 0.25) is 0 Å². The summed E-state index contributed by atoms with van der Waals surface area (Å²) in [7, 11) is 0. The topological polar surface area (TPSA) is 57.5 Å². The molecule has 0 aliphatic heterocycles. The number of aliphatic hydroxyl groups excluding tert-OH is 1. The summed E-state index contributed by atoms with van der Waals surface area (Å²) >= 11 is 0. The molecule has 0 spiro atoms. The lowest BCUT2D eigenvalue weighted by atomic mass is 10.1. The minimum Gasteiger partial charge on any atom is -0.481 e. The summed E-state index contributed by atoms with van der Waals surface area (Å²) in [4.78, 5) is 10.4. The van der Waals surface area contributed by atoms with E-state index in [1.165, 1.54) is 32.1 Å². The molecule has 24 heavy (non-hydrogen) atoms. The molecule has 1 atom stereocenters. The Balaban J connectivity index is 3.57. The van der Waals surface area contributed by atoms with Crippen LogP contribution in [0.5, 0.6) is 0 Å². The molecule has 0 aromatic heterocycles. The van der Waals surface area contributed by atoms with Crippen molar-refractivity contribution in [3.8, 4) is 0 Å². The van der Waals surface area contributed by atoms with Crippen molar-refractivity contribution in [2.45, 2.75) is 77.2 Å². The Morgan fingerprint density at radius 1 is 0.917 bits per heavy atom. The maximum Gasteiger partial charge on any atom is 0.303 e. The number of aliphatic carboxylic acids is 1. The number of rotatable bonds is 15. The van der Waals surface area contributed by atoms with Gasteiger partial charge >= 0.3 is 5.97 Å². The van der Waals surface area contributed by atoms with E-state index in [2.05, 4.69) is 31.2 Å². The molecule has 0 amide bonds. The van der Waals surface area contributed by atoms with Crippen LogP contribution in [0.1, 0.15) is 71.1 Å². The van der Waals surface area contributed by atoms with Crippen molar-refractivity contribution in [3.05, 3.63) is 48.6 Å². The second kappa shape index (κ2) is 17.7. The van der Waals surface area contributed by atoms with Crippen LogP contribution in [0, 0.1) is 0 Å². The number of carbonyl (C=O) groups is 1. The van der Waals surface area contributed by atoms with Gasteiger partial charge in [0.2, 0.25) is 0 Å². The van der Waals surface area contributed by atoms with Crippen molar-refractivity contribution in [2.75, 3.05) is 0 Å². The average Bonchev–Trinajstić information content (AvgIpc) is 2.55. The SMILES string of the molecule is CCCCCCC=CCC=CCC=C/C=C/C(O)CCCC(=O)O. The Morgan fingerprint density at radius 2 is 1.62 bits per heavy atom. The van der Waals surface area contributed by atoms with Crippen LogP contribution in [0.25, 0.3) is 0 Å². The first-order valence-electron chi connectivity index (χ1n) is 9.20. The van der Waals surface area contributed by atoms with Crippen molar-refractivity contribution in [1.82, 2.24) is 0 Å². The van der Waals surface area contributed by atoms with Crippen LogP contribution in [-0.2, 0) is 4.79 Å². The monoisotopic (exact) mass is 334 g/mol. The summed E-state index contributed by atoms with van der Waals surface area (Å²) in [6.45, 7) is 2.23. The molecule has 0 rings (SSSR count). The molecule has 0 radical (unpaired) electrons. The van der Waals surface area contributed by atoms with Gasteiger partial charge in [0, 0.05) is 6.42 Å². The molecule has 0 aromatic carbocycles. The van der Waals surface area contributed by atoms with Gasteiger partial charge in [0.05, 0.1) is 6.10 Å². The zero-order valence-electron chi connectivity index (χ0n) is 15.1. The Morgan fingerprint density at radius 3 is 2.33 bits per heavy atom. The van der Waals surface area contributed by atoms with E-state index in [-0.39, 0.29) is 6.42 Å². The predicted molar refractivity (Wildman–Crippen MR) is 102 cm³/mol. The average molecular weight is 335 g/mol. The fourth-order valence-corrected chi connectivity index (χ4v) is 2.16. The lowest BCUT2D eigenvalue weighted by Gasteiger charge is -2.02. The normalized spacial score (nSPS) is 13.8. The van der Waals surface area contributed by atoms with Crippen LogP contribution < -0.4 is 0 Å². The van der Waals surface area contributed by atoms with Crippen LogP contribution >= 0.6 is 0 Å². The standard InChI is InChI=1S/C21H34O3/c1-2-3-4-5-6-7-8-9-10-11-12-13-14-15-17-20(22)18-16-19-21(23)24/h7-8,10-11,13-15,17,20,22H,2-6,9,12,16,18-19H2,1H3,(H,23,24)/b8-7?,11-10?,14-13?,17-15+. The molecule has 0 saturated heterocycles. The molecule has 1 unspecified atom stereocenters. The van der Waals surface area contributed by atoms with Crippen molar-refractivity contribution in [2.24, 2.45) is 0 Å². The molecular formula is C21H34O3. The van der Waals surface area contributed by atoms with E-state index in [9.17, 15) is 9.90 Å². The number of hydrogen-bond donors (Lipinski definition) is 2. The van der Waals surface area contributed by atoms with E-state index in [1.807, 2.05) is 18.2 Å². The Kier molecular flexibility index (Phi) is 16.5. The molecule has 0 bridgehead atoms. The van der Waals surface area contributed by atoms with E-state index in [0.717, 1.165) is 12.8 Å². The van der Waals surface area contributed by atoms with Crippen molar-refractivity contribution < 1.29 is 15.0 Å². The Bertz CT molecular complexity index is 405. The molecule has 3 nitrogen and oxygen atoms in total. The van der Waals surface area contributed by atoms with Crippen LogP contribution in [-0.4, -0.2) is 22.3 Å². The number of carboxylic acid groups (broad SMARTS) is 1. The molecule has 3 heteroatoms. The van der Waals surface area contributed by atoms with E-state index in [1.54, 1.807) is 6.08 Å². The maximum absolute atomic E-state index is 10.4. The van der Waals surface area contributed by atoms with Gasteiger partial charge in [0.25, 0.3) is 0 Å². The first-order chi connectivity index (χ1) is 11.7. The van der Waals surface area contributed by atoms with E-state index in [0.29, 0.717) is 12.8 Å². The largest absolute Gasteiger partial charge is 0.481 e. The lowest BCUT2D eigenvalue weighted by Crippen LogP contribution is -2.03. The van der Waals surface area contributed by atoms with Gasteiger partial charge in [-0.3, -0.25) is 4.79 Å². The third-order valence-electron chi connectivity index (χ3n) is 3.57. The highest BCUT2D eigenvalue weighted by Crippen LogP contribution is 2.04. The smallest absolute Gasteiger partial charge is 0.303 e. The highest BCUT2D eigenvalue weighted by Gasteiger charge is 2.01. The third-order valence-corrected chi connectivity index (χ3v) is 3.57. The number of aliphatic hydroxyl groups is 1. The minimum absolute atomic E-state index is 0.110. The van der Waals surface area contributed by atoms with Crippen LogP contribution in [0.3, 0.4) is 0 Å². The van der Waals surface area contributed by atoms with Gasteiger partial charge in [0.15, 0.2) is 0 Å². The predicted octanol–water partition coefficient (Wildman–Crippen LogP) is 5.58. The fraction of sp³-hybridized carbons (Fsp3) is 0.571. The highest BCUT2D eigenvalue weighted by atomic mass is 16.4. The quantitative estimate of drug-likeness (QED) is 0.233. The first-order valence-corrected chi connectivity index (χ1v) is 9.20. The molecule has 0 saturated carbocycles. The summed E-state index contributed by atoms with van der Waals surface area (Å²) in [5, 5.41) is 18.1. The second-order valence-corrected chi connectivity index (χ2v) is 5.93. The van der Waals surface area contributed by atoms with Gasteiger partial charge in [-0.2, -0.15) is 0 Å². The van der Waals surface area contributed by atoms with Crippen LogP contribution in [0.15, 0.2) is 48.6 Å². The number of hydrogen-bond acceptors (Lipinski definition) is 2. The van der Waals surface area contributed by atoms with Gasteiger partial charge in [-0.1, -0.05) is 74.8 Å². The number of carboxylic acids is 1. The van der Waals surface area contributed by atoms with E-state index in [4.69, 9.17) is 5.11 Å². The molecule has 0 heterocycles. The molecular weight excluding hydrogens is 300 g/mol. The Labute approximate surface area is 147 Å². The number of unbranched alkanes of at least 4 members (excludes halogenated alkanes) is 4. The molecule has 0 aliphatic carbocycles. The first kappa shape index (κ1) is 22.4. The zero-order valence-corrected chi connectivity index (χ0v) is 15.1. The van der Waals surface area contributed by atoms with Crippen molar-refractivity contribution in [1.29, 1.82) is 0 Å². The van der Waals surface area contributed by atoms with E-state index >= 15 is 0 Å². The zero-order chi connectivity index (χ0) is 17.9. The highest BCUT2D eigenvalue weighted by molar-refractivity contribution is 5.66. The summed E-state index contributed by atoms with van der Waals surface area (Å²) in [5.74, 6) is -0.816.